The largest absolute Gasteiger partial charge is 0.334 e. The van der Waals surface area contributed by atoms with Gasteiger partial charge in [0.2, 0.25) is 0 Å². The highest BCUT2D eigenvalue weighted by Gasteiger charge is 2.28. The van der Waals surface area contributed by atoms with E-state index in [0.717, 1.165) is 18.7 Å². The maximum absolute atomic E-state index is 11.4. The molecule has 0 unspecified atom stereocenters. The molecular formula is C12H16N2O2. The molecule has 86 valence electrons. The standard InChI is InChI=1S/C12H16N2O2/c1-2-3-14-8-13-7-12(14)9-4-10(15)6-11(16)5-9/h7-9H,2-6H2,1H3. The predicted molar refractivity (Wildman–Crippen MR) is 59.1 cm³/mol. The Morgan fingerprint density at radius 3 is 2.69 bits per heavy atom. The number of aromatic nitrogens is 2. The van der Waals surface area contributed by atoms with Crippen molar-refractivity contribution in [2.75, 3.05) is 0 Å². The third kappa shape index (κ3) is 2.21. The molecule has 0 atom stereocenters. The Bertz CT molecular complexity index is 393. The monoisotopic (exact) mass is 220 g/mol. The van der Waals surface area contributed by atoms with Crippen LogP contribution >= 0.6 is 0 Å². The molecule has 0 aromatic carbocycles. The molecule has 1 heterocycles. The second-order valence-electron chi connectivity index (χ2n) is 4.37. The number of hydrogen-bond donors (Lipinski definition) is 0. The summed E-state index contributed by atoms with van der Waals surface area (Å²) in [6, 6.07) is 0. The number of rotatable bonds is 3. The van der Waals surface area contributed by atoms with Gasteiger partial charge in [0.15, 0.2) is 0 Å². The molecule has 0 spiro atoms. The summed E-state index contributed by atoms with van der Waals surface area (Å²) in [5, 5.41) is 0. The fourth-order valence-electron chi connectivity index (χ4n) is 2.29. The molecule has 1 aliphatic rings. The molecular weight excluding hydrogens is 204 g/mol. The van der Waals surface area contributed by atoms with Crippen molar-refractivity contribution in [3.05, 3.63) is 18.2 Å². The Labute approximate surface area is 94.7 Å². The van der Waals surface area contributed by atoms with Crippen molar-refractivity contribution < 1.29 is 9.59 Å². The molecule has 0 saturated heterocycles. The fraction of sp³-hybridized carbons (Fsp3) is 0.583. The molecule has 0 amide bonds. The van der Waals surface area contributed by atoms with Crippen molar-refractivity contribution in [2.45, 2.75) is 45.1 Å². The van der Waals surface area contributed by atoms with E-state index in [2.05, 4.69) is 16.5 Å². The highest BCUT2D eigenvalue weighted by molar-refractivity contribution is 6.02. The van der Waals surface area contributed by atoms with E-state index in [1.165, 1.54) is 0 Å². The van der Waals surface area contributed by atoms with Gasteiger partial charge in [0.1, 0.15) is 11.6 Å². The van der Waals surface area contributed by atoms with E-state index < -0.39 is 0 Å². The van der Waals surface area contributed by atoms with Gasteiger partial charge in [-0.25, -0.2) is 4.98 Å². The number of imidazole rings is 1. The van der Waals surface area contributed by atoms with Crippen molar-refractivity contribution in [1.29, 1.82) is 0 Å². The topological polar surface area (TPSA) is 52.0 Å². The van der Waals surface area contributed by atoms with Gasteiger partial charge in [0.25, 0.3) is 0 Å². The number of ketones is 2. The van der Waals surface area contributed by atoms with Crippen molar-refractivity contribution in [2.24, 2.45) is 0 Å². The minimum Gasteiger partial charge on any atom is -0.334 e. The fourth-order valence-corrected chi connectivity index (χ4v) is 2.29. The number of carbonyl (C=O) groups excluding carboxylic acids is 2. The van der Waals surface area contributed by atoms with E-state index in [0.29, 0.717) is 12.8 Å². The van der Waals surface area contributed by atoms with Gasteiger partial charge < -0.3 is 4.57 Å². The number of nitrogens with zero attached hydrogens (tertiary/aromatic N) is 2. The van der Waals surface area contributed by atoms with Gasteiger partial charge in [-0.2, -0.15) is 0 Å². The van der Waals surface area contributed by atoms with Crippen LogP contribution in [0.1, 0.15) is 44.2 Å². The van der Waals surface area contributed by atoms with Crippen LogP contribution in [0.4, 0.5) is 0 Å². The zero-order chi connectivity index (χ0) is 11.5. The third-order valence-corrected chi connectivity index (χ3v) is 2.97. The first-order valence-electron chi connectivity index (χ1n) is 5.74. The first-order valence-corrected chi connectivity index (χ1v) is 5.74. The summed E-state index contributed by atoms with van der Waals surface area (Å²) in [7, 11) is 0. The molecule has 1 aliphatic carbocycles. The van der Waals surface area contributed by atoms with Gasteiger partial charge in [-0.1, -0.05) is 6.92 Å². The number of carbonyl (C=O) groups is 2. The Morgan fingerprint density at radius 1 is 1.38 bits per heavy atom. The molecule has 1 fully saturated rings. The molecule has 1 saturated carbocycles. The van der Waals surface area contributed by atoms with E-state index in [4.69, 9.17) is 0 Å². The van der Waals surface area contributed by atoms with Crippen LogP contribution in [0.5, 0.6) is 0 Å². The van der Waals surface area contributed by atoms with Crippen LogP contribution in [0.3, 0.4) is 0 Å². The molecule has 0 N–H and O–H groups in total. The predicted octanol–water partition coefficient (Wildman–Crippen LogP) is 1.70. The van der Waals surface area contributed by atoms with Crippen LogP contribution in [0, 0.1) is 0 Å². The molecule has 0 bridgehead atoms. The summed E-state index contributed by atoms with van der Waals surface area (Å²) in [6.07, 6.45) is 5.69. The lowest BCUT2D eigenvalue weighted by Crippen LogP contribution is -2.23. The maximum Gasteiger partial charge on any atom is 0.140 e. The van der Waals surface area contributed by atoms with Crippen LogP contribution in [0.25, 0.3) is 0 Å². The van der Waals surface area contributed by atoms with Crippen molar-refractivity contribution in [1.82, 2.24) is 9.55 Å². The van der Waals surface area contributed by atoms with E-state index >= 15 is 0 Å². The minimum absolute atomic E-state index is 0.0443. The lowest BCUT2D eigenvalue weighted by Gasteiger charge is -2.21. The zero-order valence-electron chi connectivity index (χ0n) is 9.48. The van der Waals surface area contributed by atoms with Gasteiger partial charge in [0.05, 0.1) is 12.7 Å². The summed E-state index contributed by atoms with van der Waals surface area (Å²) in [6.45, 7) is 3.00. The SMILES string of the molecule is CCCn1cncc1C1CC(=O)CC(=O)C1. The van der Waals surface area contributed by atoms with Crippen LogP contribution in [0.2, 0.25) is 0 Å². The van der Waals surface area contributed by atoms with E-state index in [1.807, 2.05) is 0 Å². The second-order valence-corrected chi connectivity index (χ2v) is 4.37. The second kappa shape index (κ2) is 4.60. The lowest BCUT2D eigenvalue weighted by atomic mass is 9.85. The van der Waals surface area contributed by atoms with Crippen LogP contribution in [0.15, 0.2) is 12.5 Å². The summed E-state index contributed by atoms with van der Waals surface area (Å²) >= 11 is 0. The highest BCUT2D eigenvalue weighted by atomic mass is 16.1. The van der Waals surface area contributed by atoms with E-state index in [-0.39, 0.29) is 23.9 Å². The summed E-state index contributed by atoms with van der Waals surface area (Å²) in [5.74, 6) is 0.166. The highest BCUT2D eigenvalue weighted by Crippen LogP contribution is 2.29. The summed E-state index contributed by atoms with van der Waals surface area (Å²) < 4.78 is 2.05. The number of aryl methyl sites for hydroxylation is 1. The Hall–Kier alpha value is -1.45. The van der Waals surface area contributed by atoms with Crippen molar-refractivity contribution in [3.63, 3.8) is 0 Å². The van der Waals surface area contributed by atoms with Gasteiger partial charge >= 0.3 is 0 Å². The first kappa shape index (κ1) is 11.0. The Morgan fingerprint density at radius 2 is 2.06 bits per heavy atom. The molecule has 0 radical (unpaired) electrons. The van der Waals surface area contributed by atoms with Gasteiger partial charge in [-0.05, 0) is 6.42 Å². The molecule has 4 heteroatoms. The minimum atomic E-state index is 0.0443. The Balaban J connectivity index is 2.19. The maximum atomic E-state index is 11.4. The van der Waals surface area contributed by atoms with Crippen LogP contribution in [-0.4, -0.2) is 21.1 Å². The molecule has 1 aromatic heterocycles. The Kier molecular flexibility index (Phi) is 3.17. The van der Waals surface area contributed by atoms with Crippen LogP contribution < -0.4 is 0 Å². The average Bonchev–Trinajstić information content (AvgIpc) is 2.65. The molecule has 2 rings (SSSR count). The first-order chi connectivity index (χ1) is 7.70. The van der Waals surface area contributed by atoms with Gasteiger partial charge in [-0.15, -0.1) is 0 Å². The van der Waals surface area contributed by atoms with E-state index in [9.17, 15) is 9.59 Å². The quantitative estimate of drug-likeness (QED) is 0.728. The smallest absolute Gasteiger partial charge is 0.140 e. The number of Topliss-reactive ketones (excluding diaryl/α,β-unsaturated/α-hetero) is 2. The zero-order valence-corrected chi connectivity index (χ0v) is 9.48. The summed E-state index contributed by atoms with van der Waals surface area (Å²) in [4.78, 5) is 26.9. The van der Waals surface area contributed by atoms with Gasteiger partial charge in [0, 0.05) is 37.2 Å². The van der Waals surface area contributed by atoms with Crippen molar-refractivity contribution >= 4 is 11.6 Å². The normalized spacial score (nSPS) is 18.1. The van der Waals surface area contributed by atoms with Crippen LogP contribution in [-0.2, 0) is 16.1 Å². The third-order valence-electron chi connectivity index (χ3n) is 2.97. The van der Waals surface area contributed by atoms with Gasteiger partial charge in [-0.3, -0.25) is 9.59 Å². The van der Waals surface area contributed by atoms with E-state index in [1.54, 1.807) is 12.5 Å². The summed E-state index contributed by atoms with van der Waals surface area (Å²) in [5.41, 5.74) is 1.03. The molecule has 16 heavy (non-hydrogen) atoms. The molecule has 4 nitrogen and oxygen atoms in total. The average molecular weight is 220 g/mol. The number of hydrogen-bond acceptors (Lipinski definition) is 3. The molecule has 1 aromatic rings. The van der Waals surface area contributed by atoms with Crippen molar-refractivity contribution in [3.8, 4) is 0 Å². The lowest BCUT2D eigenvalue weighted by molar-refractivity contribution is -0.130. The molecule has 0 aliphatic heterocycles.